The number of hydrogen-bond acceptors (Lipinski definition) is 3. The molecule has 4 heteroatoms. The molecular formula is C19H27N3O. The van der Waals surface area contributed by atoms with Crippen LogP contribution in [0.15, 0.2) is 36.4 Å². The Morgan fingerprint density at radius 3 is 2.61 bits per heavy atom. The van der Waals surface area contributed by atoms with Gasteiger partial charge in [-0.25, -0.2) is 0 Å². The van der Waals surface area contributed by atoms with Crippen LogP contribution in [0, 0.1) is 0 Å². The Labute approximate surface area is 139 Å². The molecule has 124 valence electrons. The highest BCUT2D eigenvalue weighted by molar-refractivity contribution is 5.80. The van der Waals surface area contributed by atoms with Gasteiger partial charge in [0.2, 0.25) is 5.91 Å². The Hall–Kier alpha value is -1.65. The smallest absolute Gasteiger partial charge is 0.237 e. The third-order valence-electron chi connectivity index (χ3n) is 5.04. The summed E-state index contributed by atoms with van der Waals surface area (Å²) in [5.41, 5.74) is 2.65. The summed E-state index contributed by atoms with van der Waals surface area (Å²) in [5.74, 6) is 0.271. The second kappa shape index (κ2) is 7.28. The molecule has 1 amide bonds. The van der Waals surface area contributed by atoms with Crippen LogP contribution < -0.4 is 0 Å². The minimum atomic E-state index is 0.271. The molecule has 1 fully saturated rings. The minimum Gasteiger partial charge on any atom is -0.338 e. The lowest BCUT2D eigenvalue weighted by Gasteiger charge is -2.28. The molecule has 4 nitrogen and oxygen atoms in total. The van der Waals surface area contributed by atoms with Gasteiger partial charge in [-0.3, -0.25) is 9.69 Å². The SMILES string of the molecule is CN(C)[C@@H]1CCN(CC(=O)N2CC=C(c3ccccc3)CC2)C1. The zero-order valence-electron chi connectivity index (χ0n) is 14.2. The van der Waals surface area contributed by atoms with E-state index in [0.717, 1.165) is 32.6 Å². The van der Waals surface area contributed by atoms with Crippen molar-refractivity contribution in [1.82, 2.24) is 14.7 Å². The van der Waals surface area contributed by atoms with Gasteiger partial charge < -0.3 is 9.80 Å². The number of carbonyl (C=O) groups is 1. The zero-order valence-corrected chi connectivity index (χ0v) is 14.2. The molecule has 2 aliphatic rings. The van der Waals surface area contributed by atoms with Gasteiger partial charge in [-0.15, -0.1) is 0 Å². The van der Waals surface area contributed by atoms with E-state index in [-0.39, 0.29) is 5.91 Å². The predicted molar refractivity (Wildman–Crippen MR) is 94.1 cm³/mol. The van der Waals surface area contributed by atoms with Gasteiger partial charge in [0.15, 0.2) is 0 Å². The van der Waals surface area contributed by atoms with Crippen molar-refractivity contribution in [3.05, 3.63) is 42.0 Å². The summed E-state index contributed by atoms with van der Waals surface area (Å²) in [5, 5.41) is 0. The monoisotopic (exact) mass is 313 g/mol. The van der Waals surface area contributed by atoms with Crippen LogP contribution in [-0.2, 0) is 4.79 Å². The summed E-state index contributed by atoms with van der Waals surface area (Å²) < 4.78 is 0. The molecule has 1 aromatic rings. The Balaban J connectivity index is 1.52. The summed E-state index contributed by atoms with van der Waals surface area (Å²) in [6.45, 7) is 4.20. The standard InChI is InChI=1S/C19H27N3O/c1-20(2)18-10-11-21(14-18)15-19(23)22-12-8-17(9-13-22)16-6-4-3-5-7-16/h3-8,18H,9-15H2,1-2H3/t18-/m1/s1. The fourth-order valence-corrected chi connectivity index (χ4v) is 3.48. The molecule has 0 bridgehead atoms. The van der Waals surface area contributed by atoms with Crippen LogP contribution in [0.1, 0.15) is 18.4 Å². The minimum absolute atomic E-state index is 0.271. The molecule has 0 aliphatic carbocycles. The molecule has 2 aliphatic heterocycles. The van der Waals surface area contributed by atoms with Crippen molar-refractivity contribution in [2.24, 2.45) is 0 Å². The maximum Gasteiger partial charge on any atom is 0.237 e. The average Bonchev–Trinajstić information content (AvgIpc) is 3.04. The maximum absolute atomic E-state index is 12.5. The number of likely N-dealkylation sites (tertiary alicyclic amines) is 1. The molecule has 0 spiro atoms. The van der Waals surface area contributed by atoms with Crippen LogP contribution in [0.2, 0.25) is 0 Å². The first-order valence-corrected chi connectivity index (χ1v) is 8.54. The second-order valence-electron chi connectivity index (χ2n) is 6.83. The van der Waals surface area contributed by atoms with Crippen LogP contribution in [0.4, 0.5) is 0 Å². The fraction of sp³-hybridized carbons (Fsp3) is 0.526. The van der Waals surface area contributed by atoms with Crippen molar-refractivity contribution < 1.29 is 4.79 Å². The highest BCUT2D eigenvalue weighted by Crippen LogP contribution is 2.22. The average molecular weight is 313 g/mol. The molecule has 0 saturated carbocycles. The quantitative estimate of drug-likeness (QED) is 0.850. The van der Waals surface area contributed by atoms with E-state index in [4.69, 9.17) is 0 Å². The molecule has 0 aromatic heterocycles. The lowest BCUT2D eigenvalue weighted by Crippen LogP contribution is -2.42. The molecule has 0 radical (unpaired) electrons. The molecule has 1 saturated heterocycles. The Bertz CT molecular complexity index is 567. The third kappa shape index (κ3) is 4.01. The maximum atomic E-state index is 12.5. The number of likely N-dealkylation sites (N-methyl/N-ethyl adjacent to an activating group) is 1. The van der Waals surface area contributed by atoms with Gasteiger partial charge in [0, 0.05) is 32.2 Å². The van der Waals surface area contributed by atoms with E-state index in [9.17, 15) is 4.79 Å². The molecule has 3 rings (SSSR count). The van der Waals surface area contributed by atoms with Crippen molar-refractivity contribution in [3.8, 4) is 0 Å². The van der Waals surface area contributed by atoms with Gasteiger partial charge in [0.25, 0.3) is 0 Å². The zero-order chi connectivity index (χ0) is 16.2. The molecule has 1 aromatic carbocycles. The lowest BCUT2D eigenvalue weighted by atomic mass is 9.99. The van der Waals surface area contributed by atoms with Gasteiger partial charge >= 0.3 is 0 Å². The Kier molecular flexibility index (Phi) is 5.13. The first kappa shape index (κ1) is 16.2. The Morgan fingerprint density at radius 1 is 1.22 bits per heavy atom. The van der Waals surface area contributed by atoms with Crippen LogP contribution in [-0.4, -0.2) is 73.5 Å². The molecular weight excluding hydrogens is 286 g/mol. The van der Waals surface area contributed by atoms with E-state index in [1.165, 1.54) is 17.6 Å². The number of amides is 1. The van der Waals surface area contributed by atoms with Gasteiger partial charge in [0.05, 0.1) is 6.54 Å². The summed E-state index contributed by atoms with van der Waals surface area (Å²) >= 11 is 0. The van der Waals surface area contributed by atoms with E-state index in [1.807, 2.05) is 11.0 Å². The summed E-state index contributed by atoms with van der Waals surface area (Å²) in [6.07, 6.45) is 4.33. The van der Waals surface area contributed by atoms with Crippen LogP contribution in [0.5, 0.6) is 0 Å². The van der Waals surface area contributed by atoms with Crippen molar-refractivity contribution in [2.45, 2.75) is 18.9 Å². The predicted octanol–water partition coefficient (Wildman–Crippen LogP) is 1.94. The first-order chi connectivity index (χ1) is 11.1. The van der Waals surface area contributed by atoms with Gasteiger partial charge in [-0.1, -0.05) is 36.4 Å². The normalized spacial score (nSPS) is 22.5. The van der Waals surface area contributed by atoms with Crippen LogP contribution >= 0.6 is 0 Å². The Morgan fingerprint density at radius 2 is 2.00 bits per heavy atom. The molecule has 1 atom stereocenters. The topological polar surface area (TPSA) is 26.8 Å². The number of benzene rings is 1. The summed E-state index contributed by atoms with van der Waals surface area (Å²) in [6, 6.07) is 11.1. The van der Waals surface area contributed by atoms with Crippen molar-refractivity contribution in [1.29, 1.82) is 0 Å². The third-order valence-corrected chi connectivity index (χ3v) is 5.04. The summed E-state index contributed by atoms with van der Waals surface area (Å²) in [4.78, 5) is 19.1. The molecule has 23 heavy (non-hydrogen) atoms. The van der Waals surface area contributed by atoms with E-state index in [1.54, 1.807) is 0 Å². The molecule has 2 heterocycles. The molecule has 0 N–H and O–H groups in total. The van der Waals surface area contributed by atoms with Gasteiger partial charge in [-0.2, -0.15) is 0 Å². The van der Waals surface area contributed by atoms with Crippen LogP contribution in [0.3, 0.4) is 0 Å². The largest absolute Gasteiger partial charge is 0.338 e. The van der Waals surface area contributed by atoms with E-state index in [2.05, 4.69) is 54.2 Å². The van der Waals surface area contributed by atoms with Gasteiger partial charge in [0.1, 0.15) is 0 Å². The number of rotatable bonds is 4. The summed E-state index contributed by atoms with van der Waals surface area (Å²) in [7, 11) is 4.24. The lowest BCUT2D eigenvalue weighted by molar-refractivity contribution is -0.131. The van der Waals surface area contributed by atoms with Crippen molar-refractivity contribution >= 4 is 11.5 Å². The van der Waals surface area contributed by atoms with E-state index in [0.29, 0.717) is 12.6 Å². The second-order valence-corrected chi connectivity index (χ2v) is 6.83. The van der Waals surface area contributed by atoms with E-state index >= 15 is 0 Å². The number of nitrogens with zero attached hydrogens (tertiary/aromatic N) is 3. The highest BCUT2D eigenvalue weighted by Gasteiger charge is 2.27. The number of carbonyl (C=O) groups excluding carboxylic acids is 1. The fourth-order valence-electron chi connectivity index (χ4n) is 3.48. The molecule has 0 unspecified atom stereocenters. The number of hydrogen-bond donors (Lipinski definition) is 0. The van der Waals surface area contributed by atoms with E-state index < -0.39 is 0 Å². The highest BCUT2D eigenvalue weighted by atomic mass is 16.2. The van der Waals surface area contributed by atoms with Crippen LogP contribution in [0.25, 0.3) is 5.57 Å². The first-order valence-electron chi connectivity index (χ1n) is 8.54. The van der Waals surface area contributed by atoms with Crippen molar-refractivity contribution in [3.63, 3.8) is 0 Å². The van der Waals surface area contributed by atoms with Crippen molar-refractivity contribution in [2.75, 3.05) is 46.8 Å². The van der Waals surface area contributed by atoms with Gasteiger partial charge in [-0.05, 0) is 38.1 Å².